The molecule has 1 aromatic carbocycles. The predicted molar refractivity (Wildman–Crippen MR) is 106 cm³/mol. The fraction of sp³-hybridized carbons (Fsp3) is 0.474. The Bertz CT molecular complexity index is 868. The van der Waals surface area contributed by atoms with Crippen molar-refractivity contribution in [3.8, 4) is 5.75 Å². The first kappa shape index (κ1) is 20.4. The number of aromatic amines is 1. The first-order valence-corrected chi connectivity index (χ1v) is 11.6. The van der Waals surface area contributed by atoms with E-state index in [2.05, 4.69) is 38.8 Å². The van der Waals surface area contributed by atoms with Gasteiger partial charge in [0.05, 0.1) is 11.6 Å². The normalized spacial score (nSPS) is 13.7. The molecule has 0 bridgehead atoms. The molecule has 0 radical (unpaired) electrons. The number of rotatable bonds is 5. The second kappa shape index (κ2) is 7.34. The highest BCUT2D eigenvalue weighted by Gasteiger charge is 2.39. The Balaban J connectivity index is 2.58. The lowest BCUT2D eigenvalue weighted by Gasteiger charge is -2.39. The van der Waals surface area contributed by atoms with Crippen LogP contribution in [0.25, 0.3) is 10.9 Å². The van der Waals surface area contributed by atoms with Crippen LogP contribution in [0, 0.1) is 0 Å². The van der Waals surface area contributed by atoms with E-state index >= 15 is 0 Å². The van der Waals surface area contributed by atoms with Crippen molar-refractivity contribution in [2.75, 3.05) is 6.54 Å². The Morgan fingerprint density at radius 1 is 1.23 bits per heavy atom. The second-order valence-electron chi connectivity index (χ2n) is 7.96. The van der Waals surface area contributed by atoms with Gasteiger partial charge in [-0.2, -0.15) is 0 Å². The zero-order valence-electron chi connectivity index (χ0n) is 16.3. The molecule has 0 aliphatic carbocycles. The average Bonchev–Trinajstić information content (AvgIpc) is 2.51. The van der Waals surface area contributed by atoms with Crippen molar-refractivity contribution < 1.29 is 14.0 Å². The quantitative estimate of drug-likeness (QED) is 0.473. The van der Waals surface area contributed by atoms with Gasteiger partial charge in [-0.05, 0) is 35.8 Å². The van der Waals surface area contributed by atoms with E-state index in [0.29, 0.717) is 17.8 Å². The molecule has 2 rings (SSSR count). The van der Waals surface area contributed by atoms with Gasteiger partial charge in [0.15, 0.2) is 14.1 Å². The largest absolute Gasteiger partial charge is 0.424 e. The molecule has 2 aromatic rings. The smallest absolute Gasteiger partial charge is 0.308 e. The van der Waals surface area contributed by atoms with Crippen LogP contribution in [0.3, 0.4) is 0 Å². The standard InChI is InChI=1S/C19H28N2O4Si/c1-12(22)24-15-9-7-13(14-8-10-17(23)21-18(14)15)16(11-20)25-26(5,6)19(2,3)4/h7-10,16H,11,20H2,1-6H3,(H,21,23)/t16-/m0/s1. The lowest BCUT2D eigenvalue weighted by molar-refractivity contribution is -0.131. The number of nitrogens with one attached hydrogen (secondary N) is 1. The molecule has 26 heavy (non-hydrogen) atoms. The molecule has 0 unspecified atom stereocenters. The van der Waals surface area contributed by atoms with Gasteiger partial charge in [-0.1, -0.05) is 26.8 Å². The third-order valence-corrected chi connectivity index (χ3v) is 9.43. The van der Waals surface area contributed by atoms with Crippen LogP contribution in [-0.4, -0.2) is 25.8 Å². The summed E-state index contributed by atoms with van der Waals surface area (Å²) in [5.74, 6) is -0.131. The number of esters is 1. The number of fused-ring (bicyclic) bond motifs is 1. The van der Waals surface area contributed by atoms with Crippen LogP contribution < -0.4 is 16.0 Å². The number of hydrogen-bond donors (Lipinski definition) is 2. The molecule has 0 amide bonds. The highest BCUT2D eigenvalue weighted by molar-refractivity contribution is 6.74. The van der Waals surface area contributed by atoms with Crippen LogP contribution in [0.1, 0.15) is 39.4 Å². The fourth-order valence-electron chi connectivity index (χ4n) is 2.54. The third-order valence-electron chi connectivity index (χ3n) is 4.95. The van der Waals surface area contributed by atoms with Gasteiger partial charge in [-0.25, -0.2) is 0 Å². The third kappa shape index (κ3) is 4.23. The van der Waals surface area contributed by atoms with Crippen molar-refractivity contribution in [2.24, 2.45) is 5.73 Å². The van der Waals surface area contributed by atoms with Crippen LogP contribution in [-0.2, 0) is 9.22 Å². The van der Waals surface area contributed by atoms with Crippen LogP contribution in [0.2, 0.25) is 18.1 Å². The summed E-state index contributed by atoms with van der Waals surface area (Å²) in [6.07, 6.45) is -0.310. The molecule has 0 saturated heterocycles. The minimum atomic E-state index is -2.05. The van der Waals surface area contributed by atoms with Crippen LogP contribution in [0.15, 0.2) is 29.1 Å². The lowest BCUT2D eigenvalue weighted by Crippen LogP contribution is -2.43. The number of carbonyl (C=O) groups excluding carboxylic acids is 1. The highest BCUT2D eigenvalue weighted by atomic mass is 28.4. The van der Waals surface area contributed by atoms with Crippen molar-refractivity contribution in [1.29, 1.82) is 0 Å². The van der Waals surface area contributed by atoms with Gasteiger partial charge in [0.2, 0.25) is 5.56 Å². The molecule has 7 heteroatoms. The number of carbonyl (C=O) groups is 1. The molecule has 1 heterocycles. The zero-order valence-corrected chi connectivity index (χ0v) is 17.3. The van der Waals surface area contributed by atoms with Gasteiger partial charge in [0.25, 0.3) is 0 Å². The number of H-pyrrole nitrogens is 1. The summed E-state index contributed by atoms with van der Waals surface area (Å²) in [6, 6.07) is 6.69. The summed E-state index contributed by atoms with van der Waals surface area (Å²) in [5, 5.41) is 0.805. The monoisotopic (exact) mass is 376 g/mol. The number of pyridine rings is 1. The summed E-state index contributed by atoms with van der Waals surface area (Å²) < 4.78 is 11.7. The van der Waals surface area contributed by atoms with E-state index in [1.165, 1.54) is 13.0 Å². The number of benzene rings is 1. The predicted octanol–water partition coefficient (Wildman–Crippen LogP) is 3.48. The topological polar surface area (TPSA) is 94.4 Å². The SMILES string of the molecule is CC(=O)Oc1ccc([C@H](CN)O[Si](C)(C)C(C)(C)C)c2ccc(=O)[nH]c12. The lowest BCUT2D eigenvalue weighted by atomic mass is 10.0. The number of ether oxygens (including phenoxy) is 1. The van der Waals surface area contributed by atoms with E-state index in [0.717, 1.165) is 10.9 Å². The maximum atomic E-state index is 11.8. The Kier molecular flexibility index (Phi) is 5.75. The van der Waals surface area contributed by atoms with Gasteiger partial charge < -0.3 is 19.9 Å². The molecule has 0 spiro atoms. The summed E-state index contributed by atoms with van der Waals surface area (Å²) in [6.45, 7) is 12.5. The summed E-state index contributed by atoms with van der Waals surface area (Å²) >= 11 is 0. The molecule has 3 N–H and O–H groups in total. The van der Waals surface area contributed by atoms with Crippen molar-refractivity contribution in [2.45, 2.75) is 51.9 Å². The summed E-state index contributed by atoms with van der Waals surface area (Å²) in [7, 11) is -2.05. The summed E-state index contributed by atoms with van der Waals surface area (Å²) in [4.78, 5) is 25.9. The fourth-order valence-corrected chi connectivity index (χ4v) is 3.83. The Morgan fingerprint density at radius 2 is 1.88 bits per heavy atom. The van der Waals surface area contributed by atoms with Crippen molar-refractivity contribution in [1.82, 2.24) is 4.98 Å². The number of nitrogens with two attached hydrogens (primary N) is 1. The van der Waals surface area contributed by atoms with Gasteiger partial charge in [0, 0.05) is 24.9 Å². The van der Waals surface area contributed by atoms with E-state index in [1.807, 2.05) is 6.07 Å². The number of aromatic nitrogens is 1. The Labute approximate surface area is 154 Å². The molecule has 6 nitrogen and oxygen atoms in total. The molecule has 1 atom stereocenters. The molecule has 142 valence electrons. The van der Waals surface area contributed by atoms with E-state index in [1.54, 1.807) is 12.1 Å². The average molecular weight is 377 g/mol. The van der Waals surface area contributed by atoms with Crippen molar-refractivity contribution in [3.63, 3.8) is 0 Å². The maximum Gasteiger partial charge on any atom is 0.308 e. The van der Waals surface area contributed by atoms with Gasteiger partial charge >= 0.3 is 5.97 Å². The minimum absolute atomic E-state index is 0.0439. The zero-order chi connectivity index (χ0) is 19.7. The molecular formula is C19H28N2O4Si. The first-order valence-electron chi connectivity index (χ1n) is 8.68. The minimum Gasteiger partial charge on any atom is -0.424 e. The van der Waals surface area contributed by atoms with E-state index in [-0.39, 0.29) is 16.7 Å². The van der Waals surface area contributed by atoms with Crippen LogP contribution in [0.4, 0.5) is 0 Å². The van der Waals surface area contributed by atoms with E-state index in [9.17, 15) is 9.59 Å². The molecule has 0 aliphatic heterocycles. The molecule has 1 aromatic heterocycles. The van der Waals surface area contributed by atoms with Crippen molar-refractivity contribution in [3.05, 3.63) is 40.2 Å². The van der Waals surface area contributed by atoms with Crippen molar-refractivity contribution >= 4 is 25.2 Å². The molecule has 0 fully saturated rings. The second-order valence-corrected chi connectivity index (χ2v) is 12.7. The molecule has 0 aliphatic rings. The maximum absolute atomic E-state index is 11.8. The molecular weight excluding hydrogens is 348 g/mol. The van der Waals surface area contributed by atoms with E-state index < -0.39 is 14.3 Å². The number of hydrogen-bond acceptors (Lipinski definition) is 5. The molecule has 0 saturated carbocycles. The van der Waals surface area contributed by atoms with Gasteiger partial charge in [-0.3, -0.25) is 9.59 Å². The van der Waals surface area contributed by atoms with Gasteiger partial charge in [-0.15, -0.1) is 0 Å². The summed E-state index contributed by atoms with van der Waals surface area (Å²) in [5.41, 5.74) is 7.12. The Hall–Kier alpha value is -1.96. The van der Waals surface area contributed by atoms with E-state index in [4.69, 9.17) is 14.9 Å². The first-order chi connectivity index (χ1) is 12.0. The van der Waals surface area contributed by atoms with Crippen LogP contribution in [0.5, 0.6) is 5.75 Å². The Morgan fingerprint density at radius 3 is 2.42 bits per heavy atom. The van der Waals surface area contributed by atoms with Crippen LogP contribution >= 0.6 is 0 Å². The highest BCUT2D eigenvalue weighted by Crippen LogP contribution is 2.41. The van der Waals surface area contributed by atoms with Gasteiger partial charge in [0.1, 0.15) is 0 Å².